The first-order chi connectivity index (χ1) is 20.7. The highest BCUT2D eigenvalue weighted by Crippen LogP contribution is 2.43. The maximum absolute atomic E-state index is 12.6. The van der Waals surface area contributed by atoms with Crippen LogP contribution in [0.1, 0.15) is 45.7 Å². The van der Waals surface area contributed by atoms with Crippen LogP contribution in [-0.4, -0.2) is 68.1 Å². The number of nitrogens with zero attached hydrogens (tertiary/aromatic N) is 6. The lowest BCUT2D eigenvalue weighted by Crippen LogP contribution is -2.39. The van der Waals surface area contributed by atoms with Gasteiger partial charge in [0.2, 0.25) is 5.69 Å². The van der Waals surface area contributed by atoms with Crippen molar-refractivity contribution in [2.45, 2.75) is 53.1 Å². The summed E-state index contributed by atoms with van der Waals surface area (Å²) in [6, 6.07) is 7.68. The fourth-order valence-corrected chi connectivity index (χ4v) is 5.75. The van der Waals surface area contributed by atoms with E-state index in [2.05, 4.69) is 24.3 Å². The smallest absolute Gasteiger partial charge is 0.311 e. The van der Waals surface area contributed by atoms with Gasteiger partial charge in [-0.25, -0.2) is 14.2 Å². The second-order valence-electron chi connectivity index (χ2n) is 10.7. The molecule has 2 aromatic heterocycles. The predicted octanol–water partition coefficient (Wildman–Crippen LogP) is 7.53. The van der Waals surface area contributed by atoms with E-state index >= 15 is 0 Å². The first-order valence-corrected chi connectivity index (χ1v) is 15.9. The van der Waals surface area contributed by atoms with Crippen molar-refractivity contribution in [3.63, 3.8) is 0 Å². The fourth-order valence-electron chi connectivity index (χ4n) is 4.12. The van der Waals surface area contributed by atoms with Gasteiger partial charge in [-0.15, -0.1) is 10.2 Å². The number of aromatic nitrogens is 2. The number of anilines is 1. The van der Waals surface area contributed by atoms with E-state index in [1.165, 1.54) is 11.3 Å². The monoisotopic (exact) mass is 626 g/mol. The molecule has 11 nitrogen and oxygen atoms in total. The second kappa shape index (κ2) is 15.3. The number of rotatable bonds is 14. The molecule has 0 aliphatic carbocycles. The third-order valence-corrected chi connectivity index (χ3v) is 9.05. The van der Waals surface area contributed by atoms with Crippen LogP contribution >= 0.6 is 22.9 Å². The van der Waals surface area contributed by atoms with Crippen LogP contribution in [0.2, 0.25) is 0 Å². The Balaban J connectivity index is 1.50. The van der Waals surface area contributed by atoms with Crippen molar-refractivity contribution in [2.24, 2.45) is 15.6 Å². The van der Waals surface area contributed by atoms with Gasteiger partial charge in [0, 0.05) is 38.6 Å². The molecule has 230 valence electrons. The van der Waals surface area contributed by atoms with Crippen molar-refractivity contribution < 1.29 is 23.7 Å². The van der Waals surface area contributed by atoms with Crippen LogP contribution in [0.15, 0.2) is 34.5 Å². The van der Waals surface area contributed by atoms with Gasteiger partial charge in [0.25, 0.3) is 0 Å². The minimum absolute atomic E-state index is 0.104. The number of hydrogen-bond donors (Lipinski definition) is 0. The zero-order valence-corrected chi connectivity index (χ0v) is 26.9. The van der Waals surface area contributed by atoms with Gasteiger partial charge >= 0.3 is 5.97 Å². The zero-order valence-electron chi connectivity index (χ0n) is 25.3. The van der Waals surface area contributed by atoms with Gasteiger partial charge < -0.3 is 23.8 Å². The van der Waals surface area contributed by atoms with Crippen molar-refractivity contribution in [3.05, 3.63) is 41.4 Å². The summed E-state index contributed by atoms with van der Waals surface area (Å²) in [5, 5.41) is 10.9. The van der Waals surface area contributed by atoms with Gasteiger partial charge in [0.15, 0.2) is 15.1 Å². The number of benzene rings is 1. The molecule has 0 radical (unpaired) electrons. The summed E-state index contributed by atoms with van der Waals surface area (Å²) in [5.74, 6) is 0.582. The number of azo groups is 1. The Labute approximate surface area is 260 Å². The molecule has 0 bridgehead atoms. The Hall–Kier alpha value is -3.44. The number of aryl methyl sites for hydroxylation is 1. The zero-order chi connectivity index (χ0) is 30.8. The van der Waals surface area contributed by atoms with Crippen LogP contribution in [-0.2, 0) is 19.0 Å². The molecule has 3 heterocycles. The van der Waals surface area contributed by atoms with Crippen LogP contribution < -0.4 is 9.64 Å². The van der Waals surface area contributed by atoms with Crippen LogP contribution in [0, 0.1) is 18.9 Å². The normalized spacial score (nSPS) is 14.3. The Bertz CT molecular complexity index is 1420. The third kappa shape index (κ3) is 8.57. The Morgan fingerprint density at radius 2 is 1.81 bits per heavy atom. The molecule has 0 unspecified atom stereocenters. The molecule has 0 N–H and O–H groups in total. The Kier molecular flexibility index (Phi) is 11.6. The SMILES string of the molecule is [C-]#[N+]c1c(C)nsc1/N=N/c1sc(N2CCC(OC(=O)C(C)(C)CC)CC2)nc1-c1ccc(OCCOCCOC)cc1. The molecule has 43 heavy (non-hydrogen) atoms. The van der Waals surface area contributed by atoms with Crippen molar-refractivity contribution in [1.82, 2.24) is 9.36 Å². The number of ether oxygens (including phenoxy) is 4. The van der Waals surface area contributed by atoms with E-state index in [0.717, 1.165) is 47.2 Å². The van der Waals surface area contributed by atoms with Gasteiger partial charge in [-0.05, 0) is 63.0 Å². The standard InChI is InChI=1S/C30H38N6O5S2/c1-7-30(3,4)28(37)41-23-12-14-36(15-13-23)29-32-25(26(42-29)33-34-27-24(31-5)20(2)35-43-27)21-8-10-22(11-9-21)40-19-18-39-17-16-38-6/h8-11,23H,7,12-19H2,1-4,6H3/b34-33+. The molecular formula is C30H38N6O5S2. The first kappa shape index (κ1) is 32.5. The largest absolute Gasteiger partial charge is 0.491 e. The molecule has 1 aromatic carbocycles. The average Bonchev–Trinajstić information content (AvgIpc) is 3.61. The highest BCUT2D eigenvalue weighted by Gasteiger charge is 2.32. The number of methoxy groups -OCH3 is 1. The van der Waals surface area contributed by atoms with Crippen molar-refractivity contribution in [3.8, 4) is 17.0 Å². The number of carbonyl (C=O) groups is 1. The predicted molar refractivity (Wildman–Crippen MR) is 168 cm³/mol. The summed E-state index contributed by atoms with van der Waals surface area (Å²) >= 11 is 2.60. The van der Waals surface area contributed by atoms with Gasteiger partial charge in [-0.2, -0.15) is 0 Å². The average molecular weight is 627 g/mol. The molecule has 0 spiro atoms. The lowest BCUT2D eigenvalue weighted by atomic mass is 9.90. The molecule has 1 aliphatic heterocycles. The van der Waals surface area contributed by atoms with Gasteiger partial charge in [0.05, 0.1) is 37.5 Å². The lowest BCUT2D eigenvalue weighted by Gasteiger charge is -2.33. The minimum atomic E-state index is -0.483. The van der Waals surface area contributed by atoms with E-state index in [1.54, 1.807) is 14.0 Å². The number of thiazole rings is 1. The lowest BCUT2D eigenvalue weighted by molar-refractivity contribution is -0.160. The highest BCUT2D eigenvalue weighted by atomic mass is 32.1. The number of piperidine rings is 1. The van der Waals surface area contributed by atoms with Crippen LogP contribution in [0.4, 0.5) is 20.8 Å². The summed E-state index contributed by atoms with van der Waals surface area (Å²) in [6.45, 7) is 18.5. The molecule has 0 atom stereocenters. The molecule has 1 saturated heterocycles. The van der Waals surface area contributed by atoms with Gasteiger partial charge in [-0.1, -0.05) is 18.3 Å². The van der Waals surface area contributed by atoms with E-state index in [4.69, 9.17) is 30.5 Å². The quantitative estimate of drug-likeness (QED) is 0.0781. The van der Waals surface area contributed by atoms with Gasteiger partial charge in [-0.3, -0.25) is 4.79 Å². The summed E-state index contributed by atoms with van der Waals surface area (Å²) in [4.78, 5) is 23.3. The van der Waals surface area contributed by atoms with E-state index in [0.29, 0.717) is 66.6 Å². The van der Waals surface area contributed by atoms with E-state index in [9.17, 15) is 4.79 Å². The minimum Gasteiger partial charge on any atom is -0.491 e. The van der Waals surface area contributed by atoms with Gasteiger partial charge in [0.1, 0.15) is 24.2 Å². The summed E-state index contributed by atoms with van der Waals surface area (Å²) < 4.78 is 26.3. The molecular weight excluding hydrogens is 589 g/mol. The van der Waals surface area contributed by atoms with Crippen LogP contribution in [0.5, 0.6) is 5.75 Å². The maximum Gasteiger partial charge on any atom is 0.311 e. The molecule has 3 aromatic rings. The van der Waals surface area contributed by atoms with E-state index in [1.807, 2.05) is 45.0 Å². The molecule has 0 saturated carbocycles. The number of hydrogen-bond acceptors (Lipinski definition) is 12. The van der Waals surface area contributed by atoms with Crippen molar-refractivity contribution in [2.75, 3.05) is 51.5 Å². The third-order valence-electron chi connectivity index (χ3n) is 7.23. The second-order valence-corrected chi connectivity index (χ2v) is 12.4. The Morgan fingerprint density at radius 1 is 1.12 bits per heavy atom. The fraction of sp³-hybridized carbons (Fsp3) is 0.533. The highest BCUT2D eigenvalue weighted by molar-refractivity contribution is 7.19. The van der Waals surface area contributed by atoms with Crippen molar-refractivity contribution >= 4 is 49.7 Å². The molecule has 0 amide bonds. The summed E-state index contributed by atoms with van der Waals surface area (Å²) in [6.07, 6.45) is 2.09. The molecule has 13 heteroatoms. The van der Waals surface area contributed by atoms with Crippen LogP contribution in [0.25, 0.3) is 16.1 Å². The maximum atomic E-state index is 12.6. The van der Waals surface area contributed by atoms with E-state index in [-0.39, 0.29) is 12.1 Å². The van der Waals surface area contributed by atoms with Crippen LogP contribution in [0.3, 0.4) is 0 Å². The molecule has 1 aliphatic rings. The first-order valence-electron chi connectivity index (χ1n) is 14.3. The summed E-state index contributed by atoms with van der Waals surface area (Å²) in [5.41, 5.74) is 2.14. The van der Waals surface area contributed by atoms with Crippen molar-refractivity contribution in [1.29, 1.82) is 0 Å². The topological polar surface area (TPSA) is 112 Å². The Morgan fingerprint density at radius 3 is 2.49 bits per heavy atom. The number of esters is 1. The number of carbonyl (C=O) groups excluding carboxylic acids is 1. The summed E-state index contributed by atoms with van der Waals surface area (Å²) in [7, 11) is 1.64. The molecule has 1 fully saturated rings. The molecule has 4 rings (SSSR count). The van der Waals surface area contributed by atoms with E-state index < -0.39 is 5.41 Å².